The zero-order valence-corrected chi connectivity index (χ0v) is 10.2. The van der Waals surface area contributed by atoms with E-state index in [1.165, 1.54) is 0 Å². The van der Waals surface area contributed by atoms with E-state index >= 15 is 0 Å². The van der Waals surface area contributed by atoms with Gasteiger partial charge in [-0.05, 0) is 25.0 Å². The van der Waals surface area contributed by atoms with Crippen molar-refractivity contribution < 1.29 is 13.9 Å². The largest absolute Gasteiger partial charge is 0.468 e. The SMILES string of the molecule is CO[C@@H]1CC[C@H]2[C@H]1OCCN2Cc1ccco1. The van der Waals surface area contributed by atoms with Gasteiger partial charge in [0.2, 0.25) is 0 Å². The average Bonchev–Trinajstić information content (AvgIpc) is 2.97. The molecule has 94 valence electrons. The number of hydrogen-bond donors (Lipinski definition) is 0. The minimum absolute atomic E-state index is 0.240. The standard InChI is InChI=1S/C13H19NO3/c1-15-12-5-4-11-13(12)17-8-6-14(11)9-10-3-2-7-16-10/h2-3,7,11-13H,4-6,8-9H2,1H3/t11-,12+,13+/m0/s1. The molecule has 2 heterocycles. The molecule has 0 amide bonds. The van der Waals surface area contributed by atoms with Crippen molar-refractivity contribution in [2.75, 3.05) is 20.3 Å². The molecule has 0 bridgehead atoms. The number of fused-ring (bicyclic) bond motifs is 1. The van der Waals surface area contributed by atoms with E-state index < -0.39 is 0 Å². The topological polar surface area (TPSA) is 34.8 Å². The predicted octanol–water partition coefficient (Wildman–Crippen LogP) is 1.66. The van der Waals surface area contributed by atoms with Crippen molar-refractivity contribution >= 4 is 0 Å². The van der Waals surface area contributed by atoms with Gasteiger partial charge in [-0.15, -0.1) is 0 Å². The Morgan fingerprint density at radius 2 is 2.41 bits per heavy atom. The van der Waals surface area contributed by atoms with Crippen molar-refractivity contribution in [3.05, 3.63) is 24.2 Å². The molecule has 1 saturated carbocycles. The molecule has 0 radical (unpaired) electrons. The molecule has 0 unspecified atom stereocenters. The van der Waals surface area contributed by atoms with Gasteiger partial charge < -0.3 is 13.9 Å². The third-order valence-corrected chi connectivity index (χ3v) is 3.89. The van der Waals surface area contributed by atoms with Crippen LogP contribution in [0.2, 0.25) is 0 Å². The van der Waals surface area contributed by atoms with Crippen molar-refractivity contribution in [1.82, 2.24) is 4.90 Å². The van der Waals surface area contributed by atoms with Gasteiger partial charge in [-0.3, -0.25) is 4.90 Å². The Labute approximate surface area is 101 Å². The van der Waals surface area contributed by atoms with Crippen LogP contribution in [0.1, 0.15) is 18.6 Å². The summed E-state index contributed by atoms with van der Waals surface area (Å²) in [6, 6.07) is 4.46. The Morgan fingerprint density at radius 1 is 1.47 bits per heavy atom. The summed E-state index contributed by atoms with van der Waals surface area (Å²) in [6.45, 7) is 2.66. The number of nitrogens with zero attached hydrogens (tertiary/aromatic N) is 1. The number of morpholine rings is 1. The maximum absolute atomic E-state index is 5.86. The smallest absolute Gasteiger partial charge is 0.117 e. The van der Waals surface area contributed by atoms with Gasteiger partial charge in [0.25, 0.3) is 0 Å². The second kappa shape index (κ2) is 4.80. The molecule has 2 fully saturated rings. The second-order valence-electron chi connectivity index (χ2n) is 4.80. The maximum Gasteiger partial charge on any atom is 0.117 e. The first-order valence-corrected chi connectivity index (χ1v) is 6.29. The quantitative estimate of drug-likeness (QED) is 0.801. The van der Waals surface area contributed by atoms with Crippen LogP contribution < -0.4 is 0 Å². The Morgan fingerprint density at radius 3 is 3.18 bits per heavy atom. The molecule has 1 aliphatic carbocycles. The molecular weight excluding hydrogens is 218 g/mol. The lowest BCUT2D eigenvalue weighted by molar-refractivity contribution is -0.107. The summed E-state index contributed by atoms with van der Waals surface area (Å²) in [5, 5.41) is 0. The Hall–Kier alpha value is -0.840. The fourth-order valence-electron chi connectivity index (χ4n) is 3.04. The van der Waals surface area contributed by atoms with Gasteiger partial charge in [-0.1, -0.05) is 0 Å². The molecule has 0 N–H and O–H groups in total. The molecule has 4 nitrogen and oxygen atoms in total. The molecule has 0 aromatic carbocycles. The van der Waals surface area contributed by atoms with E-state index in [4.69, 9.17) is 13.9 Å². The molecule has 3 rings (SSSR count). The summed E-state index contributed by atoms with van der Waals surface area (Å²) in [7, 11) is 1.78. The fraction of sp³-hybridized carbons (Fsp3) is 0.692. The summed E-state index contributed by atoms with van der Waals surface area (Å²) < 4.78 is 16.8. The number of ether oxygens (including phenoxy) is 2. The molecule has 1 aliphatic heterocycles. The van der Waals surface area contributed by atoms with Crippen molar-refractivity contribution in [3.63, 3.8) is 0 Å². The van der Waals surface area contributed by atoms with E-state index in [0.29, 0.717) is 6.04 Å². The molecule has 4 heteroatoms. The minimum atomic E-state index is 0.240. The first-order valence-electron chi connectivity index (χ1n) is 6.29. The Kier molecular flexibility index (Phi) is 3.18. The fourth-order valence-corrected chi connectivity index (χ4v) is 3.04. The normalized spacial score (nSPS) is 33.8. The van der Waals surface area contributed by atoms with Crippen LogP contribution in [0.5, 0.6) is 0 Å². The van der Waals surface area contributed by atoms with Gasteiger partial charge in [0.1, 0.15) is 5.76 Å². The first-order chi connectivity index (χ1) is 8.38. The molecule has 2 aliphatic rings. The highest BCUT2D eigenvalue weighted by molar-refractivity contribution is 5.01. The zero-order chi connectivity index (χ0) is 11.7. The highest BCUT2D eigenvalue weighted by atomic mass is 16.5. The van der Waals surface area contributed by atoms with Crippen molar-refractivity contribution in [3.8, 4) is 0 Å². The van der Waals surface area contributed by atoms with Crippen LogP contribution >= 0.6 is 0 Å². The monoisotopic (exact) mass is 237 g/mol. The van der Waals surface area contributed by atoms with Gasteiger partial charge in [0.15, 0.2) is 0 Å². The van der Waals surface area contributed by atoms with Crippen LogP contribution in [0.25, 0.3) is 0 Å². The van der Waals surface area contributed by atoms with E-state index in [2.05, 4.69) is 4.90 Å². The lowest BCUT2D eigenvalue weighted by Gasteiger charge is -2.38. The molecule has 1 saturated heterocycles. The van der Waals surface area contributed by atoms with Crippen LogP contribution in [-0.2, 0) is 16.0 Å². The highest BCUT2D eigenvalue weighted by Gasteiger charge is 2.42. The molecule has 3 atom stereocenters. The van der Waals surface area contributed by atoms with Crippen LogP contribution in [0.4, 0.5) is 0 Å². The third-order valence-electron chi connectivity index (χ3n) is 3.89. The minimum Gasteiger partial charge on any atom is -0.468 e. The van der Waals surface area contributed by atoms with Gasteiger partial charge in [-0.25, -0.2) is 0 Å². The number of rotatable bonds is 3. The summed E-state index contributed by atoms with van der Waals surface area (Å²) in [4.78, 5) is 2.46. The summed E-state index contributed by atoms with van der Waals surface area (Å²) >= 11 is 0. The summed E-state index contributed by atoms with van der Waals surface area (Å²) in [5.41, 5.74) is 0. The zero-order valence-electron chi connectivity index (χ0n) is 10.2. The van der Waals surface area contributed by atoms with E-state index in [9.17, 15) is 0 Å². The van der Waals surface area contributed by atoms with Crippen molar-refractivity contribution in [1.29, 1.82) is 0 Å². The lowest BCUT2D eigenvalue weighted by atomic mass is 10.1. The van der Waals surface area contributed by atoms with E-state index in [0.717, 1.165) is 38.3 Å². The lowest BCUT2D eigenvalue weighted by Crippen LogP contribution is -2.51. The van der Waals surface area contributed by atoms with Crippen LogP contribution in [-0.4, -0.2) is 43.4 Å². The maximum atomic E-state index is 5.86. The Bertz CT molecular complexity index is 352. The van der Waals surface area contributed by atoms with Gasteiger partial charge in [-0.2, -0.15) is 0 Å². The van der Waals surface area contributed by atoms with E-state index in [1.54, 1.807) is 13.4 Å². The summed E-state index contributed by atoms with van der Waals surface area (Å²) in [5.74, 6) is 1.03. The second-order valence-corrected chi connectivity index (χ2v) is 4.80. The van der Waals surface area contributed by atoms with Crippen molar-refractivity contribution in [2.45, 2.75) is 37.6 Å². The average molecular weight is 237 g/mol. The number of furan rings is 1. The first kappa shape index (κ1) is 11.3. The highest BCUT2D eigenvalue weighted by Crippen LogP contribution is 2.32. The molecule has 17 heavy (non-hydrogen) atoms. The molecule has 1 aromatic heterocycles. The van der Waals surface area contributed by atoms with Crippen molar-refractivity contribution in [2.24, 2.45) is 0 Å². The molecule has 1 aromatic rings. The third kappa shape index (κ3) is 2.12. The molecule has 0 spiro atoms. The van der Waals surface area contributed by atoms with Crippen LogP contribution in [0, 0.1) is 0 Å². The van der Waals surface area contributed by atoms with Crippen LogP contribution in [0.15, 0.2) is 22.8 Å². The number of hydrogen-bond acceptors (Lipinski definition) is 4. The Balaban J connectivity index is 1.69. The van der Waals surface area contributed by atoms with Gasteiger partial charge in [0, 0.05) is 19.7 Å². The van der Waals surface area contributed by atoms with E-state index in [1.807, 2.05) is 12.1 Å². The van der Waals surface area contributed by atoms with E-state index in [-0.39, 0.29) is 12.2 Å². The predicted molar refractivity (Wildman–Crippen MR) is 62.7 cm³/mol. The van der Waals surface area contributed by atoms with Crippen LogP contribution in [0.3, 0.4) is 0 Å². The molecular formula is C13H19NO3. The number of methoxy groups -OCH3 is 1. The summed E-state index contributed by atoms with van der Waals surface area (Å²) in [6.07, 6.45) is 4.49. The van der Waals surface area contributed by atoms with Gasteiger partial charge >= 0.3 is 0 Å². The van der Waals surface area contributed by atoms with Gasteiger partial charge in [0.05, 0.1) is 31.6 Å².